The molecule has 0 fully saturated rings. The van der Waals surface area contributed by atoms with Gasteiger partial charge in [0.1, 0.15) is 0 Å². The summed E-state index contributed by atoms with van der Waals surface area (Å²) < 4.78 is 0. The predicted octanol–water partition coefficient (Wildman–Crippen LogP) is 13.0. The summed E-state index contributed by atoms with van der Waals surface area (Å²) in [7, 11) is 0. The molecule has 0 saturated heterocycles. The van der Waals surface area contributed by atoms with Gasteiger partial charge in [-0.05, 0) is 86.2 Å². The molecule has 248 valence electrons. The van der Waals surface area contributed by atoms with Crippen molar-refractivity contribution in [3.8, 4) is 11.1 Å². The van der Waals surface area contributed by atoms with Crippen LogP contribution >= 0.6 is 11.8 Å². The fourth-order valence-electron chi connectivity index (χ4n) is 9.40. The molecule has 1 heterocycles. The Kier molecular flexibility index (Phi) is 7.09. The molecule has 0 aromatic heterocycles. The van der Waals surface area contributed by atoms with Gasteiger partial charge in [0.15, 0.2) is 0 Å². The molecule has 2 heteroatoms. The Morgan fingerprint density at radius 3 is 2.31 bits per heavy atom. The molecule has 0 radical (unpaired) electrons. The molecule has 0 bridgehead atoms. The second kappa shape index (κ2) is 11.8. The van der Waals surface area contributed by atoms with Crippen LogP contribution in [0.25, 0.3) is 38.2 Å². The Labute approximate surface area is 305 Å². The lowest BCUT2D eigenvalue weighted by Gasteiger charge is -2.34. The molecular formula is C49H41NS. The van der Waals surface area contributed by atoms with Crippen molar-refractivity contribution in [2.75, 3.05) is 17.2 Å². The van der Waals surface area contributed by atoms with E-state index in [2.05, 4.69) is 188 Å². The van der Waals surface area contributed by atoms with Crippen LogP contribution in [0.1, 0.15) is 48.9 Å². The number of rotatable bonds is 5. The smallest absolute Gasteiger partial charge is 0.0497 e. The Morgan fingerprint density at radius 1 is 0.667 bits per heavy atom. The maximum atomic E-state index is 2.65. The van der Waals surface area contributed by atoms with E-state index < -0.39 is 0 Å². The molecule has 0 saturated carbocycles. The van der Waals surface area contributed by atoms with Gasteiger partial charge < -0.3 is 4.90 Å². The summed E-state index contributed by atoms with van der Waals surface area (Å²) in [5.41, 5.74) is 12.5. The lowest BCUT2D eigenvalue weighted by Crippen LogP contribution is -2.27. The summed E-state index contributed by atoms with van der Waals surface area (Å²) in [6.07, 6.45) is 18.4. The number of nitrogens with zero attached hydrogens (tertiary/aromatic N) is 1. The first-order valence-electron chi connectivity index (χ1n) is 18.4. The van der Waals surface area contributed by atoms with Gasteiger partial charge in [0.25, 0.3) is 0 Å². The van der Waals surface area contributed by atoms with Crippen LogP contribution in [-0.2, 0) is 10.8 Å². The van der Waals surface area contributed by atoms with Crippen LogP contribution in [0, 0.1) is 5.92 Å². The third-order valence-corrected chi connectivity index (χ3v) is 13.5. The molecule has 1 aliphatic heterocycles. The lowest BCUT2D eigenvalue weighted by atomic mass is 9.76. The Morgan fingerprint density at radius 2 is 1.43 bits per heavy atom. The molecular weight excluding hydrogens is 635 g/mol. The van der Waals surface area contributed by atoms with Crippen molar-refractivity contribution in [2.45, 2.75) is 42.4 Å². The van der Waals surface area contributed by atoms with E-state index >= 15 is 0 Å². The van der Waals surface area contributed by atoms with Crippen molar-refractivity contribution >= 4 is 50.3 Å². The average Bonchev–Trinajstić information content (AvgIpc) is 3.65. The van der Waals surface area contributed by atoms with E-state index in [-0.39, 0.29) is 10.8 Å². The fraction of sp³-hybridized carbons (Fsp3) is 0.184. The quantitative estimate of drug-likeness (QED) is 0.167. The van der Waals surface area contributed by atoms with E-state index in [4.69, 9.17) is 0 Å². The number of allylic oxidation sites excluding steroid dienone is 7. The van der Waals surface area contributed by atoms with E-state index in [9.17, 15) is 0 Å². The van der Waals surface area contributed by atoms with Gasteiger partial charge in [-0.1, -0.05) is 153 Å². The Balaban J connectivity index is 1.13. The predicted molar refractivity (Wildman–Crippen MR) is 219 cm³/mol. The van der Waals surface area contributed by atoms with Gasteiger partial charge in [0.05, 0.1) is 0 Å². The van der Waals surface area contributed by atoms with Crippen molar-refractivity contribution in [3.05, 3.63) is 180 Å². The van der Waals surface area contributed by atoms with Crippen LogP contribution in [0.3, 0.4) is 0 Å². The first kappa shape index (κ1) is 30.7. The van der Waals surface area contributed by atoms with E-state index in [1.54, 1.807) is 0 Å². The van der Waals surface area contributed by atoms with Gasteiger partial charge in [-0.2, -0.15) is 0 Å². The number of hydrogen-bond donors (Lipinski definition) is 0. The van der Waals surface area contributed by atoms with Crippen LogP contribution < -0.4 is 4.90 Å². The minimum absolute atomic E-state index is 0.0712. The van der Waals surface area contributed by atoms with Crippen LogP contribution in [0.2, 0.25) is 0 Å². The first-order chi connectivity index (χ1) is 25.0. The van der Waals surface area contributed by atoms with Gasteiger partial charge in [-0.3, -0.25) is 0 Å². The lowest BCUT2D eigenvalue weighted by molar-refractivity contribution is 0.612. The summed E-state index contributed by atoms with van der Waals surface area (Å²) >= 11 is 2.05. The molecule has 1 nitrogen and oxygen atoms in total. The van der Waals surface area contributed by atoms with Crippen molar-refractivity contribution in [1.82, 2.24) is 0 Å². The minimum atomic E-state index is -0.0712. The average molecular weight is 676 g/mol. The zero-order valence-corrected chi connectivity index (χ0v) is 30.1. The molecule has 10 rings (SSSR count). The number of hydrogen-bond acceptors (Lipinski definition) is 2. The highest BCUT2D eigenvalue weighted by molar-refractivity contribution is 7.99. The van der Waals surface area contributed by atoms with Gasteiger partial charge >= 0.3 is 0 Å². The number of anilines is 2. The van der Waals surface area contributed by atoms with Crippen molar-refractivity contribution in [3.63, 3.8) is 0 Å². The van der Waals surface area contributed by atoms with Crippen molar-refractivity contribution in [1.29, 1.82) is 0 Å². The highest BCUT2D eigenvalue weighted by Gasteiger charge is 2.40. The maximum absolute atomic E-state index is 2.65. The molecule has 6 aromatic rings. The van der Waals surface area contributed by atoms with Crippen LogP contribution in [-0.4, -0.2) is 12.3 Å². The summed E-state index contributed by atoms with van der Waals surface area (Å²) in [6, 6.07) is 43.6. The molecule has 0 N–H and O–H groups in total. The number of benzene rings is 6. The summed E-state index contributed by atoms with van der Waals surface area (Å²) in [5, 5.41) is 5.19. The molecule has 2 atom stereocenters. The molecule has 6 aromatic carbocycles. The molecule has 4 aliphatic rings. The van der Waals surface area contributed by atoms with Crippen LogP contribution in [0.15, 0.2) is 163 Å². The van der Waals surface area contributed by atoms with E-state index in [0.717, 1.165) is 25.1 Å². The van der Waals surface area contributed by atoms with Crippen molar-refractivity contribution < 1.29 is 0 Å². The van der Waals surface area contributed by atoms with Gasteiger partial charge in [0.2, 0.25) is 0 Å². The summed E-state index contributed by atoms with van der Waals surface area (Å²) in [6.45, 7) is 5.66. The molecule has 1 spiro atoms. The standard InChI is InChI=1S/C49H41NS/c1-48(2)43-23-11-10-20-39(43)40-26-25-35(30-45(40)48)50(46-29-33-15-4-6-17-36(33)38-19-8-9-21-41(38)46)31-34-16-5-7-18-37(34)42-22-14-24-44-47(42)51-32-49(44)27-12-3-13-28-49/h3-15,17-27,29-30,34H,16,28,31-32H2,1-2H3. The minimum Gasteiger partial charge on any atom is -0.340 e. The second-order valence-corrected chi connectivity index (χ2v) is 16.3. The zero-order chi connectivity index (χ0) is 34.2. The van der Waals surface area contributed by atoms with Gasteiger partial charge in [0, 0.05) is 50.7 Å². The molecule has 2 unspecified atom stereocenters. The van der Waals surface area contributed by atoms with E-state index in [0.29, 0.717) is 5.92 Å². The van der Waals surface area contributed by atoms with E-state index in [1.807, 2.05) is 0 Å². The monoisotopic (exact) mass is 675 g/mol. The largest absolute Gasteiger partial charge is 0.340 e. The summed E-state index contributed by atoms with van der Waals surface area (Å²) in [5.74, 6) is 1.43. The third-order valence-electron chi connectivity index (χ3n) is 12.1. The highest BCUT2D eigenvalue weighted by atomic mass is 32.2. The second-order valence-electron chi connectivity index (χ2n) is 15.3. The number of thioether (sulfide) groups is 1. The SMILES string of the molecule is CC1(C)c2ccccc2-c2ccc(N(CC3CC=CC=C3c3cccc4c3SCC43C=CC=CC3)c3cc4ccccc4c4ccccc34)cc21. The van der Waals surface area contributed by atoms with Crippen LogP contribution in [0.4, 0.5) is 11.4 Å². The molecule has 3 aliphatic carbocycles. The van der Waals surface area contributed by atoms with Crippen molar-refractivity contribution in [2.24, 2.45) is 5.92 Å². The van der Waals surface area contributed by atoms with Crippen LogP contribution in [0.5, 0.6) is 0 Å². The maximum Gasteiger partial charge on any atom is 0.0497 e. The molecule has 0 amide bonds. The Bertz CT molecular complexity index is 2510. The molecule has 51 heavy (non-hydrogen) atoms. The zero-order valence-electron chi connectivity index (χ0n) is 29.3. The number of fused-ring (bicyclic) bond motifs is 8. The summed E-state index contributed by atoms with van der Waals surface area (Å²) in [4.78, 5) is 4.13. The van der Waals surface area contributed by atoms with E-state index in [1.165, 1.54) is 76.8 Å². The Hall–Kier alpha value is -5.05. The van der Waals surface area contributed by atoms with Gasteiger partial charge in [-0.25, -0.2) is 0 Å². The topological polar surface area (TPSA) is 3.24 Å². The highest BCUT2D eigenvalue weighted by Crippen LogP contribution is 2.53. The third kappa shape index (κ3) is 4.76. The van der Waals surface area contributed by atoms with Gasteiger partial charge in [-0.15, -0.1) is 11.8 Å². The normalized spacial score (nSPS) is 20.8. The first-order valence-corrected chi connectivity index (χ1v) is 19.4. The fourth-order valence-corrected chi connectivity index (χ4v) is 10.9.